The first-order chi connectivity index (χ1) is 12.3. The number of carbonyl (C=O) groups excluding carboxylic acids is 1. The number of nitrogens with one attached hydrogen (secondary N) is 1. The number of urea groups is 1. The summed E-state index contributed by atoms with van der Waals surface area (Å²) in [5, 5.41) is 16.6. The van der Waals surface area contributed by atoms with Gasteiger partial charge in [-0.2, -0.15) is 5.10 Å². The smallest absolute Gasteiger partial charge is 0.316 e. The lowest BCUT2D eigenvalue weighted by molar-refractivity contribution is -0.508. The number of aliphatic imine (C=N–C) groups is 1. The van der Waals surface area contributed by atoms with E-state index >= 15 is 0 Å². The summed E-state index contributed by atoms with van der Waals surface area (Å²) in [6.07, 6.45) is 7.45. The average Bonchev–Trinajstić information content (AvgIpc) is 3.15. The molecule has 1 saturated heterocycles. The Hall–Kier alpha value is -2.94. The number of nitrogens with two attached hydrogens (primary N) is 2. The third-order valence-corrected chi connectivity index (χ3v) is 4.31. The van der Waals surface area contributed by atoms with E-state index in [0.29, 0.717) is 29.5 Å². The second-order valence-electron chi connectivity index (χ2n) is 6.64. The molecule has 9 heteroatoms. The van der Waals surface area contributed by atoms with E-state index in [9.17, 15) is 9.90 Å². The molecular formula is C17H24N7O2+. The number of aliphatic hydroxyl groups excluding tert-OH is 1. The van der Waals surface area contributed by atoms with Crippen molar-refractivity contribution in [1.82, 2.24) is 15.1 Å². The van der Waals surface area contributed by atoms with Crippen molar-refractivity contribution in [3.05, 3.63) is 30.1 Å². The Morgan fingerprint density at radius 2 is 2.27 bits per heavy atom. The fourth-order valence-electron chi connectivity index (χ4n) is 3.02. The predicted octanol–water partition coefficient (Wildman–Crippen LogP) is 0.459. The zero-order valence-electron chi connectivity index (χ0n) is 14.9. The molecule has 26 heavy (non-hydrogen) atoms. The van der Waals surface area contributed by atoms with Crippen LogP contribution >= 0.6 is 0 Å². The van der Waals surface area contributed by atoms with E-state index in [1.54, 1.807) is 23.0 Å². The van der Waals surface area contributed by atoms with E-state index in [1.165, 1.54) is 0 Å². The van der Waals surface area contributed by atoms with Crippen LogP contribution in [0.3, 0.4) is 0 Å². The zero-order valence-corrected chi connectivity index (χ0v) is 14.9. The summed E-state index contributed by atoms with van der Waals surface area (Å²) < 4.78 is 3.73. The van der Waals surface area contributed by atoms with Gasteiger partial charge in [0.25, 0.3) is 0 Å². The number of allylic oxidation sites excluding steroid dienone is 3. The highest BCUT2D eigenvalue weighted by Gasteiger charge is 2.27. The van der Waals surface area contributed by atoms with Gasteiger partial charge in [-0.1, -0.05) is 0 Å². The van der Waals surface area contributed by atoms with Crippen LogP contribution in [0.5, 0.6) is 0 Å². The van der Waals surface area contributed by atoms with Crippen LogP contribution in [-0.2, 0) is 0 Å². The second kappa shape index (κ2) is 7.12. The van der Waals surface area contributed by atoms with Crippen molar-refractivity contribution in [2.24, 2.45) is 10.7 Å². The third kappa shape index (κ3) is 3.67. The number of nitrogen functional groups attached to an aromatic ring is 1. The fraction of sp³-hybridized carbons (Fsp3) is 0.412. The molecule has 9 nitrogen and oxygen atoms in total. The Labute approximate surface area is 151 Å². The first-order valence-electron chi connectivity index (χ1n) is 8.53. The molecule has 2 amide bonds. The van der Waals surface area contributed by atoms with E-state index < -0.39 is 6.03 Å². The minimum atomic E-state index is -0.675. The molecule has 1 aliphatic heterocycles. The number of carbonyl (C=O) groups is 1. The van der Waals surface area contributed by atoms with Gasteiger partial charge in [-0.05, 0) is 19.9 Å². The van der Waals surface area contributed by atoms with Crippen molar-refractivity contribution >= 4 is 29.0 Å². The van der Waals surface area contributed by atoms with Gasteiger partial charge in [0.2, 0.25) is 5.71 Å². The van der Waals surface area contributed by atoms with Gasteiger partial charge in [-0.25, -0.2) is 19.0 Å². The molecule has 0 radical (unpaired) electrons. The van der Waals surface area contributed by atoms with Crippen LogP contribution < -0.4 is 16.8 Å². The normalized spacial score (nSPS) is 24.4. The first-order valence-corrected chi connectivity index (χ1v) is 8.53. The monoisotopic (exact) mass is 358 g/mol. The summed E-state index contributed by atoms with van der Waals surface area (Å²) in [6.45, 7) is 5.27. The fourth-order valence-corrected chi connectivity index (χ4v) is 3.02. The lowest BCUT2D eigenvalue weighted by atomic mass is 10.1. The topological polar surface area (TPSA) is 135 Å². The Kier molecular flexibility index (Phi) is 4.90. The molecule has 0 saturated carbocycles. The lowest BCUT2D eigenvalue weighted by Crippen LogP contribution is -2.34. The Morgan fingerprint density at radius 3 is 2.85 bits per heavy atom. The molecule has 1 atom stereocenters. The van der Waals surface area contributed by atoms with Gasteiger partial charge >= 0.3 is 6.03 Å². The minimum Gasteiger partial charge on any atom is -0.386 e. The van der Waals surface area contributed by atoms with Crippen molar-refractivity contribution in [3.63, 3.8) is 0 Å². The van der Waals surface area contributed by atoms with Crippen molar-refractivity contribution in [3.8, 4) is 0 Å². The summed E-state index contributed by atoms with van der Waals surface area (Å²) in [4.78, 5) is 15.9. The standard InChI is InChI=1S/C17H23N7O2/c1-10(2)24-16(18)15(8-20-24)21-13-4-3-11(7-14(13)22-17(19)26)23-6-5-12(25)9-23/h3-4,7-8,10,12,25H,5-6,9H2,1-2H3,(H4,18,19,20,22,26)/p+1. The highest BCUT2D eigenvalue weighted by molar-refractivity contribution is 6.21. The van der Waals surface area contributed by atoms with Crippen LogP contribution in [0, 0.1) is 0 Å². The SMILES string of the molecule is CC(C)n1ncc(/N=C2C=C/C(=[N+]3/CCC(O)C3)C=C/2NC(N)=O)c1N. The molecule has 1 aromatic rings. The van der Waals surface area contributed by atoms with E-state index in [0.717, 1.165) is 18.7 Å². The summed E-state index contributed by atoms with van der Waals surface area (Å²) in [7, 11) is 0. The molecule has 1 aliphatic carbocycles. The zero-order chi connectivity index (χ0) is 18.8. The van der Waals surface area contributed by atoms with Crippen molar-refractivity contribution in [2.75, 3.05) is 18.8 Å². The van der Waals surface area contributed by atoms with Crippen LogP contribution in [-0.4, -0.2) is 56.1 Å². The molecule has 0 spiro atoms. The summed E-state index contributed by atoms with van der Waals surface area (Å²) in [6, 6.07) is -0.558. The number of aromatic nitrogens is 2. The first kappa shape index (κ1) is 17.9. The van der Waals surface area contributed by atoms with Gasteiger partial charge in [0.1, 0.15) is 24.2 Å². The maximum Gasteiger partial charge on any atom is 0.316 e. The Morgan fingerprint density at radius 1 is 1.50 bits per heavy atom. The number of rotatable bonds is 3. The molecule has 1 fully saturated rings. The van der Waals surface area contributed by atoms with E-state index in [4.69, 9.17) is 11.5 Å². The van der Waals surface area contributed by atoms with Crippen LogP contribution in [0.2, 0.25) is 0 Å². The van der Waals surface area contributed by atoms with Crippen LogP contribution in [0.25, 0.3) is 0 Å². The maximum absolute atomic E-state index is 11.4. The van der Waals surface area contributed by atoms with Gasteiger partial charge in [0, 0.05) is 24.6 Å². The molecule has 0 aromatic carbocycles. The molecule has 3 rings (SSSR count). The molecule has 1 unspecified atom stereocenters. The molecule has 0 bridgehead atoms. The molecular weight excluding hydrogens is 334 g/mol. The van der Waals surface area contributed by atoms with Gasteiger partial charge in [0.05, 0.1) is 17.6 Å². The highest BCUT2D eigenvalue weighted by Crippen LogP contribution is 2.25. The number of primary amides is 1. The van der Waals surface area contributed by atoms with E-state index in [1.807, 2.05) is 24.5 Å². The molecule has 1 aromatic heterocycles. The maximum atomic E-state index is 11.4. The largest absolute Gasteiger partial charge is 0.386 e. The van der Waals surface area contributed by atoms with Crippen LogP contribution in [0.1, 0.15) is 26.3 Å². The van der Waals surface area contributed by atoms with Crippen molar-refractivity contribution < 1.29 is 14.5 Å². The number of hydrogen-bond donors (Lipinski definition) is 4. The predicted molar refractivity (Wildman–Crippen MR) is 99.7 cm³/mol. The van der Waals surface area contributed by atoms with Gasteiger partial charge in [-0.3, -0.25) is 0 Å². The van der Waals surface area contributed by atoms with E-state index in [-0.39, 0.29) is 12.1 Å². The lowest BCUT2D eigenvalue weighted by Gasteiger charge is -2.12. The number of aliphatic hydroxyl groups is 1. The molecule has 2 heterocycles. The quantitative estimate of drug-likeness (QED) is 0.461. The van der Waals surface area contributed by atoms with E-state index in [2.05, 4.69) is 15.4 Å². The molecule has 6 N–H and O–H groups in total. The van der Waals surface area contributed by atoms with Crippen molar-refractivity contribution in [1.29, 1.82) is 0 Å². The Bertz CT molecular complexity index is 845. The average molecular weight is 358 g/mol. The van der Waals surface area contributed by atoms with Gasteiger partial charge < -0.3 is 21.9 Å². The Balaban J connectivity index is 1.97. The van der Waals surface area contributed by atoms with Crippen LogP contribution in [0.15, 0.2) is 35.1 Å². The number of anilines is 1. The van der Waals surface area contributed by atoms with Crippen LogP contribution in [0.4, 0.5) is 16.3 Å². The third-order valence-electron chi connectivity index (χ3n) is 4.31. The number of β-amino-alcohol motifs (C(OH)–C–C–N with tert-alkyl or cyclic N) is 1. The molecule has 2 aliphatic rings. The number of amides is 2. The van der Waals surface area contributed by atoms with Gasteiger partial charge in [0.15, 0.2) is 6.54 Å². The molecule has 138 valence electrons. The summed E-state index contributed by atoms with van der Waals surface area (Å²) in [5.74, 6) is 0.455. The van der Waals surface area contributed by atoms with Gasteiger partial charge in [-0.15, -0.1) is 0 Å². The minimum absolute atomic E-state index is 0.117. The summed E-state index contributed by atoms with van der Waals surface area (Å²) >= 11 is 0. The number of nitrogens with zero attached hydrogens (tertiary/aromatic N) is 4. The second-order valence-corrected chi connectivity index (χ2v) is 6.64. The summed E-state index contributed by atoms with van der Waals surface area (Å²) in [5.41, 5.74) is 13.8. The van der Waals surface area contributed by atoms with Crippen molar-refractivity contribution in [2.45, 2.75) is 32.4 Å². The highest BCUT2D eigenvalue weighted by atomic mass is 16.3. The number of hydrogen-bond acceptors (Lipinski definition) is 5.